The summed E-state index contributed by atoms with van der Waals surface area (Å²) in [5.41, 5.74) is 0.565. The summed E-state index contributed by atoms with van der Waals surface area (Å²) >= 11 is 1.24. The van der Waals surface area contributed by atoms with E-state index in [1.807, 2.05) is 0 Å². The largest absolute Gasteiger partial charge is 0.463 e. The number of thioether (sulfide) groups is 1. The molecule has 1 aliphatic rings. The van der Waals surface area contributed by atoms with Crippen molar-refractivity contribution >= 4 is 52.6 Å². The molecule has 2 aromatic heterocycles. The SMILES string of the molecule is CSc1nc(NC(C)=O)c2ncn([C@@H]3O[C@H](COC(C)=O)[C@@H](OC(C)=O)[C@H]3OC(C)=O)c2n1. The van der Waals surface area contributed by atoms with E-state index in [0.717, 1.165) is 0 Å². The number of anilines is 1. The molecule has 0 spiro atoms. The van der Waals surface area contributed by atoms with Gasteiger partial charge in [-0.25, -0.2) is 15.0 Å². The van der Waals surface area contributed by atoms with Gasteiger partial charge >= 0.3 is 17.9 Å². The molecule has 0 aliphatic carbocycles. The predicted molar refractivity (Wildman–Crippen MR) is 113 cm³/mol. The molecule has 1 N–H and O–H groups in total. The Labute approximate surface area is 192 Å². The summed E-state index contributed by atoms with van der Waals surface area (Å²) < 4.78 is 23.4. The van der Waals surface area contributed by atoms with Crippen molar-refractivity contribution < 1.29 is 38.1 Å². The molecule has 1 fully saturated rings. The van der Waals surface area contributed by atoms with Crippen molar-refractivity contribution in [2.45, 2.75) is 57.4 Å². The van der Waals surface area contributed by atoms with E-state index in [1.165, 1.54) is 50.4 Å². The van der Waals surface area contributed by atoms with Crippen molar-refractivity contribution in [2.75, 3.05) is 18.2 Å². The number of carbonyl (C=O) groups is 4. The molecule has 3 heterocycles. The van der Waals surface area contributed by atoms with Gasteiger partial charge in [0.25, 0.3) is 0 Å². The molecule has 0 aromatic carbocycles. The number of fused-ring (bicyclic) bond motifs is 1. The minimum atomic E-state index is -1.10. The van der Waals surface area contributed by atoms with Gasteiger partial charge in [-0.15, -0.1) is 0 Å². The Morgan fingerprint density at radius 2 is 1.73 bits per heavy atom. The molecule has 14 heteroatoms. The van der Waals surface area contributed by atoms with Gasteiger partial charge < -0.3 is 24.3 Å². The third-order valence-electron chi connectivity index (χ3n) is 4.49. The van der Waals surface area contributed by atoms with Gasteiger partial charge in [-0.2, -0.15) is 0 Å². The molecule has 1 saturated heterocycles. The van der Waals surface area contributed by atoms with Crippen LogP contribution in [0, 0.1) is 0 Å². The fourth-order valence-corrected chi connectivity index (χ4v) is 3.71. The first-order valence-corrected chi connectivity index (χ1v) is 11.0. The lowest BCUT2D eigenvalue weighted by Crippen LogP contribution is -2.40. The number of rotatable bonds is 7. The van der Waals surface area contributed by atoms with Crippen molar-refractivity contribution in [3.8, 4) is 0 Å². The topological polar surface area (TPSA) is 161 Å². The van der Waals surface area contributed by atoms with Gasteiger partial charge in [0, 0.05) is 27.7 Å². The van der Waals surface area contributed by atoms with Crippen LogP contribution < -0.4 is 5.32 Å². The molecule has 0 unspecified atom stereocenters. The van der Waals surface area contributed by atoms with Crippen molar-refractivity contribution in [3.05, 3.63) is 6.33 Å². The maximum absolute atomic E-state index is 11.9. The van der Waals surface area contributed by atoms with E-state index in [2.05, 4.69) is 20.3 Å². The third-order valence-corrected chi connectivity index (χ3v) is 5.04. The van der Waals surface area contributed by atoms with Crippen LogP contribution >= 0.6 is 11.8 Å². The summed E-state index contributed by atoms with van der Waals surface area (Å²) in [5.74, 6) is -1.97. The first kappa shape index (κ1) is 24.4. The van der Waals surface area contributed by atoms with Gasteiger partial charge in [0.2, 0.25) is 5.91 Å². The van der Waals surface area contributed by atoms with E-state index in [4.69, 9.17) is 18.9 Å². The molecular formula is C19H23N5O8S. The zero-order valence-electron chi connectivity index (χ0n) is 18.6. The number of imidazole rings is 1. The van der Waals surface area contributed by atoms with Crippen LogP contribution in [0.25, 0.3) is 11.2 Å². The van der Waals surface area contributed by atoms with Crippen LogP contribution in [0.3, 0.4) is 0 Å². The van der Waals surface area contributed by atoms with Gasteiger partial charge in [0.05, 0.1) is 6.33 Å². The lowest BCUT2D eigenvalue weighted by molar-refractivity contribution is -0.166. The van der Waals surface area contributed by atoms with Gasteiger partial charge in [0.1, 0.15) is 12.7 Å². The normalized spacial score (nSPS) is 22.1. The monoisotopic (exact) mass is 481 g/mol. The molecule has 0 radical (unpaired) electrons. The highest BCUT2D eigenvalue weighted by Crippen LogP contribution is 2.36. The Morgan fingerprint density at radius 3 is 2.30 bits per heavy atom. The average Bonchev–Trinajstić information content (AvgIpc) is 3.27. The highest BCUT2D eigenvalue weighted by atomic mass is 32.2. The Balaban J connectivity index is 2.09. The number of nitrogens with zero attached hydrogens (tertiary/aromatic N) is 4. The Hall–Kier alpha value is -3.26. The number of carbonyl (C=O) groups excluding carboxylic acids is 4. The molecule has 2 aromatic rings. The minimum absolute atomic E-state index is 0.200. The number of nitrogens with one attached hydrogen (secondary N) is 1. The van der Waals surface area contributed by atoms with E-state index >= 15 is 0 Å². The van der Waals surface area contributed by atoms with Crippen LogP contribution in [0.4, 0.5) is 5.82 Å². The second-order valence-electron chi connectivity index (χ2n) is 7.08. The van der Waals surface area contributed by atoms with E-state index in [-0.39, 0.29) is 29.5 Å². The summed E-state index contributed by atoms with van der Waals surface area (Å²) in [7, 11) is 0. The number of ether oxygens (including phenoxy) is 4. The lowest BCUT2D eigenvalue weighted by Gasteiger charge is -2.23. The van der Waals surface area contributed by atoms with Crippen molar-refractivity contribution in [1.82, 2.24) is 19.5 Å². The Bertz CT molecular complexity index is 1090. The molecule has 33 heavy (non-hydrogen) atoms. The number of hydrogen-bond donors (Lipinski definition) is 1. The average molecular weight is 481 g/mol. The summed E-state index contributed by atoms with van der Waals surface area (Å²) in [6.45, 7) is 4.73. The molecule has 0 bridgehead atoms. The van der Waals surface area contributed by atoms with Crippen molar-refractivity contribution in [3.63, 3.8) is 0 Å². The number of esters is 3. The van der Waals surface area contributed by atoms with Gasteiger partial charge in [-0.05, 0) is 6.26 Å². The van der Waals surface area contributed by atoms with Crippen LogP contribution in [0.1, 0.15) is 33.9 Å². The van der Waals surface area contributed by atoms with E-state index in [9.17, 15) is 19.2 Å². The lowest BCUT2D eigenvalue weighted by atomic mass is 10.1. The molecule has 3 rings (SSSR count). The molecule has 13 nitrogen and oxygen atoms in total. The zero-order chi connectivity index (χ0) is 24.3. The minimum Gasteiger partial charge on any atom is -0.463 e. The summed E-state index contributed by atoms with van der Waals surface area (Å²) in [5, 5.41) is 2.96. The summed E-state index contributed by atoms with van der Waals surface area (Å²) in [4.78, 5) is 59.6. The first-order chi connectivity index (χ1) is 15.6. The number of aromatic nitrogens is 4. The second-order valence-corrected chi connectivity index (χ2v) is 7.85. The smallest absolute Gasteiger partial charge is 0.303 e. The standard InChI is InChI=1S/C19H23N5O8S/c1-8(25)21-16-13-17(23-19(22-16)33-5)24(7-20-13)18-15(31-11(4)28)14(30-10(3)27)12(32-18)6-29-9(2)26/h7,12,14-15,18H,6H2,1-5H3,(H,21,22,23,25)/t12-,14-,15-,18-/m1/s1. The van der Waals surface area contributed by atoms with E-state index in [1.54, 1.807) is 6.26 Å². The zero-order valence-corrected chi connectivity index (χ0v) is 19.4. The van der Waals surface area contributed by atoms with Crippen LogP contribution in [0.15, 0.2) is 11.5 Å². The Morgan fingerprint density at radius 1 is 1.06 bits per heavy atom. The fraction of sp³-hybridized carbons (Fsp3) is 0.526. The summed E-state index contributed by atoms with van der Waals surface area (Å²) in [6, 6.07) is 0. The second kappa shape index (κ2) is 10.1. The van der Waals surface area contributed by atoms with Gasteiger partial charge in [-0.1, -0.05) is 11.8 Å². The molecule has 1 amide bonds. The molecule has 4 atom stereocenters. The molecule has 1 aliphatic heterocycles. The van der Waals surface area contributed by atoms with E-state index in [0.29, 0.717) is 5.16 Å². The third kappa shape index (κ3) is 5.57. The maximum Gasteiger partial charge on any atom is 0.303 e. The predicted octanol–water partition coefficient (Wildman–Crippen LogP) is 0.830. The van der Waals surface area contributed by atoms with Crippen molar-refractivity contribution in [2.24, 2.45) is 0 Å². The molecule has 178 valence electrons. The first-order valence-electron chi connectivity index (χ1n) is 9.80. The highest BCUT2D eigenvalue weighted by molar-refractivity contribution is 7.98. The van der Waals surface area contributed by atoms with Crippen LogP contribution in [-0.2, 0) is 38.1 Å². The molecular weight excluding hydrogens is 458 g/mol. The van der Waals surface area contributed by atoms with Gasteiger partial charge in [0.15, 0.2) is 40.6 Å². The Kier molecular flexibility index (Phi) is 7.48. The maximum atomic E-state index is 11.9. The van der Waals surface area contributed by atoms with Crippen LogP contribution in [0.5, 0.6) is 0 Å². The molecule has 0 saturated carbocycles. The summed E-state index contributed by atoms with van der Waals surface area (Å²) in [6.07, 6.45) is -0.973. The van der Waals surface area contributed by atoms with Gasteiger partial charge in [-0.3, -0.25) is 23.7 Å². The number of amides is 1. The number of hydrogen-bond acceptors (Lipinski definition) is 12. The highest BCUT2D eigenvalue weighted by Gasteiger charge is 2.51. The van der Waals surface area contributed by atoms with E-state index < -0.39 is 42.4 Å². The quantitative estimate of drug-likeness (QED) is 0.257. The van der Waals surface area contributed by atoms with Crippen molar-refractivity contribution in [1.29, 1.82) is 0 Å². The van der Waals surface area contributed by atoms with Crippen LogP contribution in [-0.4, -0.2) is 74.5 Å². The van der Waals surface area contributed by atoms with Crippen LogP contribution in [0.2, 0.25) is 0 Å². The fourth-order valence-electron chi connectivity index (χ4n) is 3.34.